The number of hydrogen-bond donors (Lipinski definition) is 1. The molecule has 3 rings (SSSR count). The van der Waals surface area contributed by atoms with Crippen LogP contribution in [0.4, 0.5) is 5.69 Å². The zero-order valence-electron chi connectivity index (χ0n) is 14.0. The summed E-state index contributed by atoms with van der Waals surface area (Å²) in [6.45, 7) is 4.19. The largest absolute Gasteiger partial charge is 0.377 e. The molecule has 0 amide bonds. The molecule has 1 aliphatic rings. The first kappa shape index (κ1) is 15.8. The SMILES string of the molecule is Cc1ccc(C(Nc2cccc(C)c2)C2CCCCC2=O)cc1. The summed E-state index contributed by atoms with van der Waals surface area (Å²) in [5, 5.41) is 3.63. The van der Waals surface area contributed by atoms with Crippen molar-refractivity contribution in [3.05, 3.63) is 65.2 Å². The molecule has 2 nitrogen and oxygen atoms in total. The van der Waals surface area contributed by atoms with Gasteiger partial charge in [-0.1, -0.05) is 48.4 Å². The van der Waals surface area contributed by atoms with E-state index in [1.54, 1.807) is 0 Å². The number of nitrogens with one attached hydrogen (secondary N) is 1. The van der Waals surface area contributed by atoms with Crippen molar-refractivity contribution in [1.82, 2.24) is 0 Å². The van der Waals surface area contributed by atoms with E-state index in [9.17, 15) is 4.79 Å². The van der Waals surface area contributed by atoms with Crippen molar-refractivity contribution in [3.8, 4) is 0 Å². The number of carbonyl (C=O) groups is 1. The van der Waals surface area contributed by atoms with Crippen LogP contribution in [0, 0.1) is 19.8 Å². The molecule has 1 saturated carbocycles. The van der Waals surface area contributed by atoms with E-state index in [1.165, 1.54) is 16.7 Å². The number of ketones is 1. The third-order valence-corrected chi connectivity index (χ3v) is 4.78. The van der Waals surface area contributed by atoms with Gasteiger partial charge in [0.25, 0.3) is 0 Å². The first-order chi connectivity index (χ1) is 11.1. The Balaban J connectivity index is 1.92. The minimum Gasteiger partial charge on any atom is -0.377 e. The molecule has 2 unspecified atom stereocenters. The zero-order chi connectivity index (χ0) is 16.2. The lowest BCUT2D eigenvalue weighted by atomic mass is 9.80. The van der Waals surface area contributed by atoms with E-state index in [0.717, 1.165) is 31.4 Å². The van der Waals surface area contributed by atoms with Crippen molar-refractivity contribution < 1.29 is 4.79 Å². The quantitative estimate of drug-likeness (QED) is 0.839. The fourth-order valence-corrected chi connectivity index (χ4v) is 3.47. The summed E-state index contributed by atoms with van der Waals surface area (Å²) < 4.78 is 0. The maximum absolute atomic E-state index is 12.5. The zero-order valence-corrected chi connectivity index (χ0v) is 14.0. The van der Waals surface area contributed by atoms with Crippen molar-refractivity contribution in [2.75, 3.05) is 5.32 Å². The molecule has 2 aromatic carbocycles. The maximum Gasteiger partial charge on any atom is 0.138 e. The van der Waals surface area contributed by atoms with Crippen LogP contribution >= 0.6 is 0 Å². The fraction of sp³-hybridized carbons (Fsp3) is 0.381. The molecule has 120 valence electrons. The number of anilines is 1. The second-order valence-corrected chi connectivity index (χ2v) is 6.72. The molecule has 0 saturated heterocycles. The first-order valence-electron chi connectivity index (χ1n) is 8.56. The molecule has 0 aliphatic heterocycles. The predicted molar refractivity (Wildman–Crippen MR) is 95.7 cm³/mol. The molecule has 1 N–H and O–H groups in total. The molecular formula is C21H25NO. The number of rotatable bonds is 4. The van der Waals surface area contributed by atoms with Crippen LogP contribution in [0.2, 0.25) is 0 Å². The molecule has 0 aromatic heterocycles. The Morgan fingerprint density at radius 1 is 1.00 bits per heavy atom. The average Bonchev–Trinajstić information content (AvgIpc) is 2.54. The van der Waals surface area contributed by atoms with Gasteiger partial charge in [0.2, 0.25) is 0 Å². The van der Waals surface area contributed by atoms with Crippen molar-refractivity contribution in [2.24, 2.45) is 5.92 Å². The van der Waals surface area contributed by atoms with E-state index in [0.29, 0.717) is 5.78 Å². The lowest BCUT2D eigenvalue weighted by Gasteiger charge is -2.31. The van der Waals surface area contributed by atoms with Gasteiger partial charge in [0.15, 0.2) is 0 Å². The standard InChI is InChI=1S/C21H25NO/c1-15-10-12-17(13-11-15)21(19-8-3-4-9-20(19)23)22-18-7-5-6-16(2)14-18/h5-7,10-14,19,21-22H,3-4,8-9H2,1-2H3. The second-order valence-electron chi connectivity index (χ2n) is 6.72. The lowest BCUT2D eigenvalue weighted by Crippen LogP contribution is -2.30. The summed E-state index contributed by atoms with van der Waals surface area (Å²) >= 11 is 0. The summed E-state index contributed by atoms with van der Waals surface area (Å²) in [5.41, 5.74) is 4.77. The van der Waals surface area contributed by atoms with E-state index >= 15 is 0 Å². The van der Waals surface area contributed by atoms with Gasteiger partial charge in [0.1, 0.15) is 5.78 Å². The molecule has 0 heterocycles. The fourth-order valence-electron chi connectivity index (χ4n) is 3.47. The van der Waals surface area contributed by atoms with E-state index in [2.05, 4.69) is 67.7 Å². The van der Waals surface area contributed by atoms with Crippen LogP contribution in [-0.4, -0.2) is 5.78 Å². The Morgan fingerprint density at radius 3 is 2.48 bits per heavy atom. The van der Waals surface area contributed by atoms with Gasteiger partial charge < -0.3 is 5.32 Å². The summed E-state index contributed by atoms with van der Waals surface area (Å²) in [7, 11) is 0. The highest BCUT2D eigenvalue weighted by Crippen LogP contribution is 2.35. The topological polar surface area (TPSA) is 29.1 Å². The first-order valence-corrected chi connectivity index (χ1v) is 8.56. The van der Waals surface area contributed by atoms with Crippen LogP contribution in [0.25, 0.3) is 0 Å². The van der Waals surface area contributed by atoms with E-state index in [-0.39, 0.29) is 12.0 Å². The minimum absolute atomic E-state index is 0.0604. The van der Waals surface area contributed by atoms with E-state index in [4.69, 9.17) is 0 Å². The highest BCUT2D eigenvalue weighted by Gasteiger charge is 2.31. The third-order valence-electron chi connectivity index (χ3n) is 4.78. The van der Waals surface area contributed by atoms with Crippen molar-refractivity contribution in [3.63, 3.8) is 0 Å². The number of benzene rings is 2. The second kappa shape index (κ2) is 6.99. The molecule has 0 spiro atoms. The van der Waals surface area contributed by atoms with Crippen molar-refractivity contribution >= 4 is 11.5 Å². The van der Waals surface area contributed by atoms with Gasteiger partial charge in [-0.3, -0.25) is 4.79 Å². The van der Waals surface area contributed by atoms with Crippen molar-refractivity contribution in [1.29, 1.82) is 0 Å². The Hall–Kier alpha value is -2.09. The number of aryl methyl sites for hydroxylation is 2. The van der Waals surface area contributed by atoms with Gasteiger partial charge in [-0.2, -0.15) is 0 Å². The summed E-state index contributed by atoms with van der Waals surface area (Å²) in [5.74, 6) is 0.481. The molecule has 0 radical (unpaired) electrons. The molecule has 2 aromatic rings. The predicted octanol–water partition coefficient (Wildman–Crippen LogP) is 5.22. The van der Waals surface area contributed by atoms with Gasteiger partial charge in [-0.15, -0.1) is 0 Å². The smallest absolute Gasteiger partial charge is 0.138 e. The molecule has 0 bridgehead atoms. The monoisotopic (exact) mass is 307 g/mol. The highest BCUT2D eigenvalue weighted by atomic mass is 16.1. The van der Waals surface area contributed by atoms with Crippen LogP contribution in [0.15, 0.2) is 48.5 Å². The number of carbonyl (C=O) groups excluding carboxylic acids is 1. The summed E-state index contributed by atoms with van der Waals surface area (Å²) in [6.07, 6.45) is 3.90. The van der Waals surface area contributed by atoms with Crippen LogP contribution in [0.5, 0.6) is 0 Å². The van der Waals surface area contributed by atoms with Crippen LogP contribution in [0.1, 0.15) is 48.4 Å². The van der Waals surface area contributed by atoms with Gasteiger partial charge in [0, 0.05) is 18.0 Å². The van der Waals surface area contributed by atoms with Crippen LogP contribution < -0.4 is 5.32 Å². The molecular weight excluding hydrogens is 282 g/mol. The van der Waals surface area contributed by atoms with Gasteiger partial charge >= 0.3 is 0 Å². The van der Waals surface area contributed by atoms with Gasteiger partial charge in [-0.25, -0.2) is 0 Å². The summed E-state index contributed by atoms with van der Waals surface area (Å²) in [6, 6.07) is 17.0. The van der Waals surface area contributed by atoms with Crippen LogP contribution in [0.3, 0.4) is 0 Å². The highest BCUT2D eigenvalue weighted by molar-refractivity contribution is 5.83. The lowest BCUT2D eigenvalue weighted by molar-refractivity contribution is -0.125. The van der Waals surface area contributed by atoms with Gasteiger partial charge in [-0.05, 0) is 49.9 Å². The third kappa shape index (κ3) is 3.82. The Bertz CT molecular complexity index is 674. The Labute approximate surface area is 138 Å². The molecule has 1 aliphatic carbocycles. The van der Waals surface area contributed by atoms with Gasteiger partial charge in [0.05, 0.1) is 6.04 Å². The molecule has 2 atom stereocenters. The Kier molecular flexibility index (Phi) is 4.80. The maximum atomic E-state index is 12.5. The van der Waals surface area contributed by atoms with E-state index in [1.807, 2.05) is 0 Å². The summed E-state index contributed by atoms with van der Waals surface area (Å²) in [4.78, 5) is 12.5. The normalized spacial score (nSPS) is 19.4. The molecule has 1 fully saturated rings. The minimum atomic E-state index is 0.0604. The van der Waals surface area contributed by atoms with Crippen molar-refractivity contribution in [2.45, 2.75) is 45.6 Å². The number of hydrogen-bond acceptors (Lipinski definition) is 2. The molecule has 23 heavy (non-hydrogen) atoms. The molecule has 2 heteroatoms. The average molecular weight is 307 g/mol. The van der Waals surface area contributed by atoms with Crippen LogP contribution in [-0.2, 0) is 4.79 Å². The Morgan fingerprint density at radius 2 is 1.78 bits per heavy atom. The van der Waals surface area contributed by atoms with E-state index < -0.39 is 0 Å². The number of Topliss-reactive ketones (excluding diaryl/α,β-unsaturated/α-hetero) is 1.